The van der Waals surface area contributed by atoms with Crippen LogP contribution in [0.5, 0.6) is 0 Å². The summed E-state index contributed by atoms with van der Waals surface area (Å²) < 4.78 is 13.7. The third-order valence-corrected chi connectivity index (χ3v) is 2.78. The van der Waals surface area contributed by atoms with Crippen LogP contribution in [0.25, 0.3) is 0 Å². The molecule has 102 valence electrons. The second-order valence-corrected chi connectivity index (χ2v) is 4.22. The van der Waals surface area contributed by atoms with Gasteiger partial charge in [-0.3, -0.25) is 9.78 Å². The Labute approximate surface area is 118 Å². The summed E-state index contributed by atoms with van der Waals surface area (Å²) in [6.45, 7) is 0. The molecule has 2 N–H and O–H groups in total. The van der Waals surface area contributed by atoms with Crippen molar-refractivity contribution in [1.29, 1.82) is 0 Å². The molecule has 2 rings (SSSR count). The van der Waals surface area contributed by atoms with E-state index in [0.717, 1.165) is 6.07 Å². The van der Waals surface area contributed by atoms with Gasteiger partial charge in [-0.15, -0.1) is 0 Å². The van der Waals surface area contributed by atoms with E-state index in [1.165, 1.54) is 30.6 Å². The highest BCUT2D eigenvalue weighted by atomic mass is 35.5. The molecule has 1 aromatic heterocycles. The number of pyridine rings is 1. The van der Waals surface area contributed by atoms with E-state index in [0.29, 0.717) is 0 Å². The number of carboxylic acid groups (broad SMARTS) is 1. The van der Waals surface area contributed by atoms with Crippen molar-refractivity contribution in [1.82, 2.24) is 4.98 Å². The van der Waals surface area contributed by atoms with Gasteiger partial charge in [-0.2, -0.15) is 0 Å². The van der Waals surface area contributed by atoms with Gasteiger partial charge in [0.05, 0.1) is 21.8 Å². The lowest BCUT2D eigenvalue weighted by Gasteiger charge is -2.08. The molecule has 2 aromatic rings. The van der Waals surface area contributed by atoms with Crippen LogP contribution in [0.1, 0.15) is 20.7 Å². The number of benzene rings is 1. The molecular weight excluding hydrogens is 287 g/mol. The molecule has 0 aliphatic carbocycles. The monoisotopic (exact) mass is 294 g/mol. The first kappa shape index (κ1) is 14.0. The SMILES string of the molecule is O=C(O)c1ccc(NC(=O)c2ccncc2Cl)c(F)c1. The third kappa shape index (κ3) is 2.92. The number of carbonyl (C=O) groups is 2. The molecule has 0 fully saturated rings. The van der Waals surface area contributed by atoms with Crippen molar-refractivity contribution in [3.8, 4) is 0 Å². The summed E-state index contributed by atoms with van der Waals surface area (Å²) in [5, 5.41) is 11.2. The maximum atomic E-state index is 13.7. The molecule has 20 heavy (non-hydrogen) atoms. The minimum Gasteiger partial charge on any atom is -0.478 e. The fraction of sp³-hybridized carbons (Fsp3) is 0. The van der Waals surface area contributed by atoms with Gasteiger partial charge in [0, 0.05) is 12.4 Å². The van der Waals surface area contributed by atoms with Crippen molar-refractivity contribution in [2.75, 3.05) is 5.32 Å². The van der Waals surface area contributed by atoms with E-state index in [1.807, 2.05) is 0 Å². The molecule has 0 bridgehead atoms. The Morgan fingerprint density at radius 3 is 2.65 bits per heavy atom. The minimum absolute atomic E-state index is 0.132. The van der Waals surface area contributed by atoms with Gasteiger partial charge in [0.25, 0.3) is 5.91 Å². The van der Waals surface area contributed by atoms with Crippen LogP contribution in [0.4, 0.5) is 10.1 Å². The summed E-state index contributed by atoms with van der Waals surface area (Å²) in [5.41, 5.74) is -0.196. The molecular formula is C13H8ClFN2O3. The van der Waals surface area contributed by atoms with E-state index in [-0.39, 0.29) is 21.8 Å². The summed E-state index contributed by atoms with van der Waals surface area (Å²) in [6.07, 6.45) is 2.67. The standard InChI is InChI=1S/C13H8ClFN2O3/c14-9-6-16-4-3-8(9)12(18)17-11-2-1-7(13(19)20)5-10(11)15/h1-6H,(H,17,18)(H,19,20). The Balaban J connectivity index is 2.25. The number of amides is 1. The number of aromatic nitrogens is 1. The molecule has 7 heteroatoms. The summed E-state index contributed by atoms with van der Waals surface area (Å²) in [4.78, 5) is 26.3. The fourth-order valence-corrected chi connectivity index (χ4v) is 1.70. The predicted molar refractivity (Wildman–Crippen MR) is 70.6 cm³/mol. The van der Waals surface area contributed by atoms with Crippen LogP contribution in [0, 0.1) is 5.82 Å². The lowest BCUT2D eigenvalue weighted by Crippen LogP contribution is -2.14. The van der Waals surface area contributed by atoms with Gasteiger partial charge in [0.1, 0.15) is 5.82 Å². The number of hydrogen-bond acceptors (Lipinski definition) is 3. The number of halogens is 2. The Kier molecular flexibility index (Phi) is 3.95. The first-order valence-electron chi connectivity index (χ1n) is 5.42. The van der Waals surface area contributed by atoms with Crippen LogP contribution in [0.15, 0.2) is 36.7 Å². The summed E-state index contributed by atoms with van der Waals surface area (Å²) in [6, 6.07) is 4.58. The van der Waals surface area contributed by atoms with E-state index < -0.39 is 17.7 Å². The Morgan fingerprint density at radius 2 is 2.05 bits per heavy atom. The van der Waals surface area contributed by atoms with Crippen LogP contribution >= 0.6 is 11.6 Å². The van der Waals surface area contributed by atoms with E-state index in [9.17, 15) is 14.0 Å². The Morgan fingerprint density at radius 1 is 1.30 bits per heavy atom. The smallest absolute Gasteiger partial charge is 0.335 e. The zero-order chi connectivity index (χ0) is 14.7. The van der Waals surface area contributed by atoms with Gasteiger partial charge < -0.3 is 10.4 Å². The Hall–Kier alpha value is -2.47. The van der Waals surface area contributed by atoms with Gasteiger partial charge >= 0.3 is 5.97 Å². The largest absolute Gasteiger partial charge is 0.478 e. The number of carboxylic acids is 1. The lowest BCUT2D eigenvalue weighted by atomic mass is 10.2. The van der Waals surface area contributed by atoms with Crippen LogP contribution in [0.3, 0.4) is 0 Å². The third-order valence-electron chi connectivity index (χ3n) is 2.48. The van der Waals surface area contributed by atoms with E-state index in [4.69, 9.17) is 16.7 Å². The van der Waals surface area contributed by atoms with Crippen molar-refractivity contribution in [2.45, 2.75) is 0 Å². The van der Waals surface area contributed by atoms with Crippen LogP contribution in [0.2, 0.25) is 5.02 Å². The number of nitrogens with one attached hydrogen (secondary N) is 1. The second kappa shape index (κ2) is 5.66. The summed E-state index contributed by atoms with van der Waals surface area (Å²) in [7, 11) is 0. The highest BCUT2D eigenvalue weighted by Gasteiger charge is 2.14. The molecule has 0 atom stereocenters. The van der Waals surface area contributed by atoms with Gasteiger partial charge in [-0.1, -0.05) is 11.6 Å². The van der Waals surface area contributed by atoms with Crippen LogP contribution in [-0.4, -0.2) is 22.0 Å². The normalized spacial score (nSPS) is 10.1. The highest BCUT2D eigenvalue weighted by molar-refractivity contribution is 6.34. The molecule has 0 aliphatic heterocycles. The number of carbonyl (C=O) groups excluding carboxylic acids is 1. The fourth-order valence-electron chi connectivity index (χ4n) is 1.50. The van der Waals surface area contributed by atoms with E-state index >= 15 is 0 Å². The molecule has 1 amide bonds. The molecule has 0 saturated heterocycles. The predicted octanol–water partition coefficient (Wildman–Crippen LogP) is 2.82. The lowest BCUT2D eigenvalue weighted by molar-refractivity contribution is 0.0696. The van der Waals surface area contributed by atoms with Crippen LogP contribution in [-0.2, 0) is 0 Å². The van der Waals surface area contributed by atoms with Crippen molar-refractivity contribution in [2.24, 2.45) is 0 Å². The second-order valence-electron chi connectivity index (χ2n) is 3.81. The first-order chi connectivity index (χ1) is 9.49. The molecule has 5 nitrogen and oxygen atoms in total. The molecule has 1 heterocycles. The molecule has 0 saturated carbocycles. The van der Waals surface area contributed by atoms with Gasteiger partial charge in [0.2, 0.25) is 0 Å². The number of nitrogens with zero attached hydrogens (tertiary/aromatic N) is 1. The molecule has 0 radical (unpaired) electrons. The average molecular weight is 295 g/mol. The maximum Gasteiger partial charge on any atom is 0.335 e. The molecule has 0 aliphatic rings. The van der Waals surface area contributed by atoms with Crippen molar-refractivity contribution in [3.63, 3.8) is 0 Å². The van der Waals surface area contributed by atoms with Crippen molar-refractivity contribution < 1.29 is 19.1 Å². The topological polar surface area (TPSA) is 79.3 Å². The molecule has 0 spiro atoms. The number of hydrogen-bond donors (Lipinski definition) is 2. The number of rotatable bonds is 3. The quantitative estimate of drug-likeness (QED) is 0.912. The van der Waals surface area contributed by atoms with E-state index in [1.54, 1.807) is 0 Å². The Bertz CT molecular complexity index is 691. The van der Waals surface area contributed by atoms with Crippen LogP contribution < -0.4 is 5.32 Å². The zero-order valence-electron chi connectivity index (χ0n) is 9.93. The maximum absolute atomic E-state index is 13.7. The number of aromatic carboxylic acids is 1. The van der Waals surface area contributed by atoms with Gasteiger partial charge in [-0.05, 0) is 24.3 Å². The first-order valence-corrected chi connectivity index (χ1v) is 5.80. The molecule has 1 aromatic carbocycles. The van der Waals surface area contributed by atoms with Crippen molar-refractivity contribution in [3.05, 3.63) is 58.6 Å². The minimum atomic E-state index is -1.25. The van der Waals surface area contributed by atoms with Crippen molar-refractivity contribution >= 4 is 29.2 Å². The molecule has 0 unspecified atom stereocenters. The van der Waals surface area contributed by atoms with E-state index in [2.05, 4.69) is 10.3 Å². The zero-order valence-corrected chi connectivity index (χ0v) is 10.7. The summed E-state index contributed by atoms with van der Waals surface area (Å²) in [5.74, 6) is -2.71. The average Bonchev–Trinajstić information content (AvgIpc) is 2.41. The highest BCUT2D eigenvalue weighted by Crippen LogP contribution is 2.19. The number of anilines is 1. The van der Waals surface area contributed by atoms with Gasteiger partial charge in [0.15, 0.2) is 0 Å². The summed E-state index contributed by atoms with van der Waals surface area (Å²) >= 11 is 5.80. The van der Waals surface area contributed by atoms with Gasteiger partial charge in [-0.25, -0.2) is 9.18 Å².